The Bertz CT molecular complexity index is 654. The van der Waals surface area contributed by atoms with Crippen LogP contribution >= 0.6 is 0 Å². The maximum atomic E-state index is 12.0. The van der Waals surface area contributed by atoms with Gasteiger partial charge in [-0.2, -0.15) is 0 Å². The van der Waals surface area contributed by atoms with Gasteiger partial charge in [0, 0.05) is 31.5 Å². The first-order valence-electron chi connectivity index (χ1n) is 7.80. The van der Waals surface area contributed by atoms with Crippen molar-refractivity contribution < 1.29 is 17.9 Å². The van der Waals surface area contributed by atoms with Gasteiger partial charge in [0.15, 0.2) is 0 Å². The first kappa shape index (κ1) is 16.1. The number of sulfonamides is 1. The SMILES string of the molecule is O=C(Nc1ccc(N2CCCS2(=O)=O)cc1)NC1CCOCC1. The van der Waals surface area contributed by atoms with Crippen LogP contribution in [0.3, 0.4) is 0 Å². The molecule has 3 rings (SSSR count). The first-order chi connectivity index (χ1) is 11.0. The molecule has 126 valence electrons. The summed E-state index contributed by atoms with van der Waals surface area (Å²) in [5.74, 6) is 0.195. The van der Waals surface area contributed by atoms with E-state index in [4.69, 9.17) is 4.74 Å². The Kier molecular flexibility index (Phi) is 4.72. The second kappa shape index (κ2) is 6.76. The highest BCUT2D eigenvalue weighted by Gasteiger charge is 2.28. The summed E-state index contributed by atoms with van der Waals surface area (Å²) in [4.78, 5) is 12.0. The van der Waals surface area contributed by atoms with Gasteiger partial charge in [-0.1, -0.05) is 0 Å². The average molecular weight is 339 g/mol. The quantitative estimate of drug-likeness (QED) is 0.874. The van der Waals surface area contributed by atoms with Crippen LogP contribution in [0.2, 0.25) is 0 Å². The molecule has 0 radical (unpaired) electrons. The third kappa shape index (κ3) is 3.94. The van der Waals surface area contributed by atoms with E-state index in [0.717, 1.165) is 12.8 Å². The molecule has 1 aromatic carbocycles. The summed E-state index contributed by atoms with van der Waals surface area (Å²) in [6.45, 7) is 1.85. The molecule has 2 N–H and O–H groups in total. The van der Waals surface area contributed by atoms with Crippen molar-refractivity contribution in [3.8, 4) is 0 Å². The Balaban J connectivity index is 1.58. The lowest BCUT2D eigenvalue weighted by molar-refractivity contribution is 0.0806. The molecule has 8 heteroatoms. The Morgan fingerprint density at radius 3 is 2.48 bits per heavy atom. The molecule has 2 fully saturated rings. The number of ether oxygens (including phenoxy) is 1. The fraction of sp³-hybridized carbons (Fsp3) is 0.533. The number of carbonyl (C=O) groups excluding carboxylic acids is 1. The highest BCUT2D eigenvalue weighted by atomic mass is 32.2. The lowest BCUT2D eigenvalue weighted by Gasteiger charge is -2.23. The second-order valence-electron chi connectivity index (χ2n) is 5.77. The molecule has 7 nitrogen and oxygen atoms in total. The average Bonchev–Trinajstić information content (AvgIpc) is 2.88. The summed E-state index contributed by atoms with van der Waals surface area (Å²) >= 11 is 0. The van der Waals surface area contributed by atoms with E-state index in [0.29, 0.717) is 37.6 Å². The van der Waals surface area contributed by atoms with Crippen LogP contribution in [0.4, 0.5) is 16.2 Å². The molecule has 0 atom stereocenters. The minimum absolute atomic E-state index is 0.137. The van der Waals surface area contributed by atoms with Gasteiger partial charge in [0.2, 0.25) is 10.0 Å². The van der Waals surface area contributed by atoms with Gasteiger partial charge in [-0.05, 0) is 43.5 Å². The van der Waals surface area contributed by atoms with Gasteiger partial charge in [-0.15, -0.1) is 0 Å². The maximum absolute atomic E-state index is 12.0. The molecule has 0 unspecified atom stereocenters. The van der Waals surface area contributed by atoms with E-state index in [2.05, 4.69) is 10.6 Å². The molecule has 2 heterocycles. The molecule has 0 bridgehead atoms. The van der Waals surface area contributed by atoms with Crippen molar-refractivity contribution in [2.24, 2.45) is 0 Å². The van der Waals surface area contributed by atoms with Gasteiger partial charge < -0.3 is 15.4 Å². The van der Waals surface area contributed by atoms with E-state index in [-0.39, 0.29) is 17.8 Å². The van der Waals surface area contributed by atoms with E-state index in [1.54, 1.807) is 24.3 Å². The number of urea groups is 1. The van der Waals surface area contributed by atoms with Crippen LogP contribution in [0.15, 0.2) is 24.3 Å². The van der Waals surface area contributed by atoms with Crippen molar-refractivity contribution in [3.05, 3.63) is 24.3 Å². The molecule has 2 aliphatic rings. The van der Waals surface area contributed by atoms with E-state index < -0.39 is 10.0 Å². The van der Waals surface area contributed by atoms with Crippen LogP contribution in [0, 0.1) is 0 Å². The highest BCUT2D eigenvalue weighted by molar-refractivity contribution is 7.93. The Morgan fingerprint density at radius 2 is 1.87 bits per heavy atom. The molecular weight excluding hydrogens is 318 g/mol. The van der Waals surface area contributed by atoms with Gasteiger partial charge in [-0.25, -0.2) is 13.2 Å². The van der Waals surface area contributed by atoms with Crippen molar-refractivity contribution >= 4 is 27.4 Å². The van der Waals surface area contributed by atoms with Gasteiger partial charge in [-0.3, -0.25) is 4.31 Å². The van der Waals surface area contributed by atoms with Crippen molar-refractivity contribution in [1.29, 1.82) is 0 Å². The zero-order valence-corrected chi connectivity index (χ0v) is 13.6. The molecule has 0 aromatic heterocycles. The van der Waals surface area contributed by atoms with Crippen molar-refractivity contribution in [1.82, 2.24) is 5.32 Å². The number of hydrogen-bond acceptors (Lipinski definition) is 4. The molecule has 1 aromatic rings. The smallest absolute Gasteiger partial charge is 0.319 e. The van der Waals surface area contributed by atoms with E-state index >= 15 is 0 Å². The van der Waals surface area contributed by atoms with Crippen LogP contribution in [0.1, 0.15) is 19.3 Å². The number of carbonyl (C=O) groups is 1. The topological polar surface area (TPSA) is 87.7 Å². The first-order valence-corrected chi connectivity index (χ1v) is 9.41. The molecule has 23 heavy (non-hydrogen) atoms. The van der Waals surface area contributed by atoms with Gasteiger partial charge in [0.1, 0.15) is 0 Å². The highest BCUT2D eigenvalue weighted by Crippen LogP contribution is 2.25. The summed E-state index contributed by atoms with van der Waals surface area (Å²) in [6, 6.07) is 6.75. The van der Waals surface area contributed by atoms with Crippen LogP contribution < -0.4 is 14.9 Å². The van der Waals surface area contributed by atoms with Gasteiger partial charge in [0.05, 0.1) is 11.4 Å². The molecule has 0 aliphatic carbocycles. The number of nitrogens with zero attached hydrogens (tertiary/aromatic N) is 1. The number of benzene rings is 1. The number of anilines is 2. The predicted octanol–water partition coefficient (Wildman–Crippen LogP) is 1.53. The lowest BCUT2D eigenvalue weighted by atomic mass is 10.1. The minimum atomic E-state index is -3.17. The lowest BCUT2D eigenvalue weighted by Crippen LogP contribution is -2.41. The molecule has 2 aliphatic heterocycles. The standard InChI is InChI=1S/C15H21N3O4S/c19-15(17-13-6-9-22-10-7-13)16-12-2-4-14(5-3-12)18-8-1-11-23(18,20)21/h2-5,13H,1,6-11H2,(H2,16,17,19). The van der Waals surface area contributed by atoms with Crippen LogP contribution in [-0.2, 0) is 14.8 Å². The zero-order chi connectivity index (χ0) is 16.3. The van der Waals surface area contributed by atoms with Crippen LogP contribution in [0.5, 0.6) is 0 Å². The molecule has 2 amide bonds. The Hall–Kier alpha value is -1.80. The predicted molar refractivity (Wildman–Crippen MR) is 88.2 cm³/mol. The number of amides is 2. The fourth-order valence-corrected chi connectivity index (χ4v) is 4.40. The van der Waals surface area contributed by atoms with Crippen LogP contribution in [-0.4, -0.2) is 46.0 Å². The fourth-order valence-electron chi connectivity index (χ4n) is 2.84. The summed E-state index contributed by atoms with van der Waals surface area (Å²) in [6.07, 6.45) is 2.29. The molecule has 2 saturated heterocycles. The van der Waals surface area contributed by atoms with E-state index in [1.807, 2.05) is 0 Å². The third-order valence-corrected chi connectivity index (χ3v) is 5.94. The zero-order valence-electron chi connectivity index (χ0n) is 12.8. The van der Waals surface area contributed by atoms with Gasteiger partial charge in [0.25, 0.3) is 0 Å². The number of rotatable bonds is 3. The molecule has 0 saturated carbocycles. The van der Waals surface area contributed by atoms with Gasteiger partial charge >= 0.3 is 6.03 Å². The largest absolute Gasteiger partial charge is 0.381 e. The summed E-state index contributed by atoms with van der Waals surface area (Å²) in [5, 5.41) is 5.68. The minimum Gasteiger partial charge on any atom is -0.381 e. The third-order valence-electron chi connectivity index (χ3n) is 4.07. The Morgan fingerprint density at radius 1 is 1.17 bits per heavy atom. The maximum Gasteiger partial charge on any atom is 0.319 e. The summed E-state index contributed by atoms with van der Waals surface area (Å²) in [5.41, 5.74) is 1.27. The molecular formula is C15H21N3O4S. The van der Waals surface area contributed by atoms with E-state index in [9.17, 15) is 13.2 Å². The Labute approximate surface area is 136 Å². The summed E-state index contributed by atoms with van der Waals surface area (Å²) in [7, 11) is -3.17. The van der Waals surface area contributed by atoms with Crippen LogP contribution in [0.25, 0.3) is 0 Å². The van der Waals surface area contributed by atoms with Crippen molar-refractivity contribution in [2.45, 2.75) is 25.3 Å². The number of hydrogen-bond donors (Lipinski definition) is 2. The van der Waals surface area contributed by atoms with E-state index in [1.165, 1.54) is 4.31 Å². The van der Waals surface area contributed by atoms with Crippen molar-refractivity contribution in [3.63, 3.8) is 0 Å². The normalized spacial score (nSPS) is 21.1. The molecule has 0 spiro atoms. The van der Waals surface area contributed by atoms with Crippen molar-refractivity contribution in [2.75, 3.05) is 35.1 Å². The monoisotopic (exact) mass is 339 g/mol. The summed E-state index contributed by atoms with van der Waals surface area (Å²) < 4.78 is 30.4. The number of nitrogens with one attached hydrogen (secondary N) is 2. The second-order valence-corrected chi connectivity index (χ2v) is 7.79.